The molecule has 0 saturated carbocycles. The molecule has 0 fully saturated rings. The number of hydrogen-bond acceptors (Lipinski definition) is 3. The lowest BCUT2D eigenvalue weighted by Crippen LogP contribution is -1.89. The normalized spacial score (nSPS) is 11.7. The van der Waals surface area contributed by atoms with Gasteiger partial charge in [0, 0.05) is 10.9 Å². The summed E-state index contributed by atoms with van der Waals surface area (Å²) in [5.74, 6) is 6.07. The van der Waals surface area contributed by atoms with Gasteiger partial charge >= 0.3 is 0 Å². The van der Waals surface area contributed by atoms with Crippen LogP contribution in [-0.2, 0) is 0 Å². The zero-order valence-corrected chi connectivity index (χ0v) is 10.6. The maximum atomic E-state index is 9.38. The molecule has 2 rings (SSSR count). The second kappa shape index (κ2) is 5.13. The third-order valence-corrected chi connectivity index (χ3v) is 3.12. The summed E-state index contributed by atoms with van der Waals surface area (Å²) in [6.07, 6.45) is -0.432. The Morgan fingerprint density at radius 2 is 1.94 bits per heavy atom. The third-order valence-electron chi connectivity index (χ3n) is 2.35. The molecule has 2 aromatic rings. The molecule has 2 nitrogen and oxygen atoms in total. The average molecular weight is 243 g/mol. The quantitative estimate of drug-likeness (QED) is 0.781. The van der Waals surface area contributed by atoms with E-state index in [1.165, 1.54) is 0 Å². The van der Waals surface area contributed by atoms with Crippen molar-refractivity contribution in [3.05, 3.63) is 51.5 Å². The predicted octanol–water partition coefficient (Wildman–Crippen LogP) is 2.90. The van der Waals surface area contributed by atoms with Gasteiger partial charge in [-0.2, -0.15) is 0 Å². The molecule has 0 aliphatic heterocycles. The number of aliphatic hydroxyl groups excluding tert-OH is 1. The number of nitrogens with zero attached hydrogens (tertiary/aromatic N) is 1. The summed E-state index contributed by atoms with van der Waals surface area (Å²) in [4.78, 5) is 4.28. The van der Waals surface area contributed by atoms with Crippen molar-refractivity contribution in [2.75, 3.05) is 0 Å². The van der Waals surface area contributed by atoms with Crippen LogP contribution in [0.1, 0.15) is 34.9 Å². The lowest BCUT2D eigenvalue weighted by atomic mass is 10.1. The van der Waals surface area contributed by atoms with Crippen LogP contribution in [0.4, 0.5) is 0 Å². The van der Waals surface area contributed by atoms with Gasteiger partial charge in [0.25, 0.3) is 0 Å². The van der Waals surface area contributed by atoms with Gasteiger partial charge in [0.1, 0.15) is 5.69 Å². The monoisotopic (exact) mass is 243 g/mol. The Morgan fingerprint density at radius 1 is 1.24 bits per heavy atom. The molecular weight excluding hydrogens is 230 g/mol. The average Bonchev–Trinajstić information content (AvgIpc) is 2.73. The fourth-order valence-corrected chi connectivity index (χ4v) is 1.95. The minimum Gasteiger partial charge on any atom is -0.389 e. The summed E-state index contributed by atoms with van der Waals surface area (Å²) in [5, 5.41) is 12.4. The molecule has 0 bridgehead atoms. The fraction of sp³-hybridized carbons (Fsp3) is 0.214. The molecular formula is C14H13NOS. The summed E-state index contributed by atoms with van der Waals surface area (Å²) < 4.78 is 0. The fourth-order valence-electron chi connectivity index (χ4n) is 1.40. The van der Waals surface area contributed by atoms with E-state index < -0.39 is 6.10 Å². The Hall–Kier alpha value is -1.63. The number of aliphatic hydroxyl groups is 1. The largest absolute Gasteiger partial charge is 0.389 e. The van der Waals surface area contributed by atoms with E-state index in [2.05, 4.69) is 16.8 Å². The highest BCUT2D eigenvalue weighted by Crippen LogP contribution is 2.12. The molecule has 1 unspecified atom stereocenters. The van der Waals surface area contributed by atoms with E-state index in [1.54, 1.807) is 18.3 Å². The Morgan fingerprint density at radius 3 is 2.47 bits per heavy atom. The van der Waals surface area contributed by atoms with Crippen molar-refractivity contribution in [1.82, 2.24) is 4.98 Å². The van der Waals surface area contributed by atoms with Gasteiger partial charge in [-0.1, -0.05) is 18.1 Å². The number of aromatic nitrogens is 1. The Labute approximate surface area is 105 Å². The van der Waals surface area contributed by atoms with Crippen molar-refractivity contribution in [2.24, 2.45) is 0 Å². The van der Waals surface area contributed by atoms with E-state index in [0.717, 1.165) is 21.8 Å². The van der Waals surface area contributed by atoms with Crippen LogP contribution in [0, 0.1) is 18.8 Å². The second-order valence-electron chi connectivity index (χ2n) is 3.80. The molecule has 86 valence electrons. The Kier molecular flexibility index (Phi) is 3.58. The molecule has 17 heavy (non-hydrogen) atoms. The highest BCUT2D eigenvalue weighted by atomic mass is 32.1. The molecule has 0 amide bonds. The first kappa shape index (κ1) is 11.8. The van der Waals surface area contributed by atoms with Gasteiger partial charge in [-0.05, 0) is 37.5 Å². The molecule has 1 heterocycles. The molecule has 0 radical (unpaired) electrons. The second-order valence-corrected chi connectivity index (χ2v) is 4.86. The smallest absolute Gasteiger partial charge is 0.124 e. The molecule has 0 saturated heterocycles. The van der Waals surface area contributed by atoms with Gasteiger partial charge in [0.15, 0.2) is 0 Å². The van der Waals surface area contributed by atoms with Crippen molar-refractivity contribution in [3.8, 4) is 11.8 Å². The highest BCUT2D eigenvalue weighted by Gasteiger charge is 1.98. The number of hydrogen-bond donors (Lipinski definition) is 1. The summed E-state index contributed by atoms with van der Waals surface area (Å²) in [7, 11) is 0. The van der Waals surface area contributed by atoms with Gasteiger partial charge in [-0.15, -0.1) is 11.3 Å². The zero-order valence-electron chi connectivity index (χ0n) is 9.77. The standard InChI is InChI=1S/C14H13NOS/c1-10(16)13-6-3-12(4-7-13)5-8-14-9-17-11(2)15-14/h3-4,6-7,9-10,16H,1-2H3. The van der Waals surface area contributed by atoms with Crippen LogP contribution in [0.3, 0.4) is 0 Å². The Balaban J connectivity index is 2.17. The lowest BCUT2D eigenvalue weighted by Gasteiger charge is -2.02. The van der Waals surface area contributed by atoms with Gasteiger partial charge < -0.3 is 5.11 Å². The first-order valence-corrected chi connectivity index (χ1v) is 6.25. The van der Waals surface area contributed by atoms with E-state index in [0.29, 0.717) is 0 Å². The first-order valence-electron chi connectivity index (χ1n) is 5.37. The number of thiazole rings is 1. The van der Waals surface area contributed by atoms with Crippen LogP contribution in [0.15, 0.2) is 29.6 Å². The molecule has 0 aliphatic carbocycles. The van der Waals surface area contributed by atoms with E-state index in [4.69, 9.17) is 0 Å². The maximum absolute atomic E-state index is 9.38. The molecule has 3 heteroatoms. The van der Waals surface area contributed by atoms with Crippen LogP contribution in [0.5, 0.6) is 0 Å². The topological polar surface area (TPSA) is 33.1 Å². The van der Waals surface area contributed by atoms with Gasteiger partial charge in [0.2, 0.25) is 0 Å². The van der Waals surface area contributed by atoms with Crippen LogP contribution in [0.2, 0.25) is 0 Å². The summed E-state index contributed by atoms with van der Waals surface area (Å²) >= 11 is 1.60. The van der Waals surface area contributed by atoms with E-state index in [9.17, 15) is 5.11 Å². The first-order chi connectivity index (χ1) is 8.15. The molecule has 1 N–H and O–H groups in total. The van der Waals surface area contributed by atoms with Crippen molar-refractivity contribution in [1.29, 1.82) is 0 Å². The SMILES string of the molecule is Cc1nc(C#Cc2ccc(C(C)O)cc2)cs1. The van der Waals surface area contributed by atoms with E-state index >= 15 is 0 Å². The number of aryl methyl sites for hydroxylation is 1. The maximum Gasteiger partial charge on any atom is 0.124 e. The van der Waals surface area contributed by atoms with E-state index in [-0.39, 0.29) is 0 Å². The zero-order chi connectivity index (χ0) is 12.3. The summed E-state index contributed by atoms with van der Waals surface area (Å²) in [5.41, 5.74) is 2.65. The molecule has 0 aliphatic rings. The van der Waals surface area contributed by atoms with Crippen LogP contribution >= 0.6 is 11.3 Å². The third kappa shape index (κ3) is 3.16. The molecule has 0 spiro atoms. The molecule has 1 aromatic heterocycles. The van der Waals surface area contributed by atoms with Gasteiger partial charge in [0.05, 0.1) is 11.1 Å². The van der Waals surface area contributed by atoms with Crippen molar-refractivity contribution >= 4 is 11.3 Å². The van der Waals surface area contributed by atoms with Gasteiger partial charge in [-0.25, -0.2) is 4.98 Å². The van der Waals surface area contributed by atoms with Crippen LogP contribution in [-0.4, -0.2) is 10.1 Å². The van der Waals surface area contributed by atoms with Crippen LogP contribution < -0.4 is 0 Å². The predicted molar refractivity (Wildman–Crippen MR) is 69.9 cm³/mol. The summed E-state index contributed by atoms with van der Waals surface area (Å²) in [6, 6.07) is 7.60. The number of rotatable bonds is 1. The highest BCUT2D eigenvalue weighted by molar-refractivity contribution is 7.09. The molecule has 1 aromatic carbocycles. The minimum absolute atomic E-state index is 0.432. The summed E-state index contributed by atoms with van der Waals surface area (Å²) in [6.45, 7) is 3.71. The Bertz CT molecular complexity index is 558. The van der Waals surface area contributed by atoms with Gasteiger partial charge in [-0.3, -0.25) is 0 Å². The number of benzene rings is 1. The van der Waals surface area contributed by atoms with Crippen LogP contribution in [0.25, 0.3) is 0 Å². The van der Waals surface area contributed by atoms with Crippen molar-refractivity contribution in [3.63, 3.8) is 0 Å². The van der Waals surface area contributed by atoms with Crippen molar-refractivity contribution in [2.45, 2.75) is 20.0 Å². The van der Waals surface area contributed by atoms with Crippen molar-refractivity contribution < 1.29 is 5.11 Å². The minimum atomic E-state index is -0.432. The molecule has 1 atom stereocenters. The lowest BCUT2D eigenvalue weighted by molar-refractivity contribution is 0.199. The van der Waals surface area contributed by atoms with E-state index in [1.807, 2.05) is 36.6 Å².